The van der Waals surface area contributed by atoms with Crippen molar-refractivity contribution in [3.63, 3.8) is 0 Å². The fraction of sp³-hybridized carbons (Fsp3) is 0.444. The molecule has 6 heteroatoms. The quantitative estimate of drug-likeness (QED) is 0.739. The Hall–Kier alpha value is -1.20. The summed E-state index contributed by atoms with van der Waals surface area (Å²) in [6, 6.07) is 3.49. The number of hydrogen-bond acceptors (Lipinski definition) is 4. The van der Waals surface area contributed by atoms with Gasteiger partial charge in [0.25, 0.3) is 0 Å². The maximum absolute atomic E-state index is 5.80. The van der Waals surface area contributed by atoms with Gasteiger partial charge in [0.15, 0.2) is 11.5 Å². The van der Waals surface area contributed by atoms with Gasteiger partial charge in [-0.3, -0.25) is 0 Å². The van der Waals surface area contributed by atoms with Crippen LogP contribution in [0.1, 0.15) is 12.2 Å². The third-order valence-electron chi connectivity index (χ3n) is 2.04. The summed E-state index contributed by atoms with van der Waals surface area (Å²) in [5.74, 6) is 0.810. The smallest absolute Gasteiger partial charge is 0.178 e. The van der Waals surface area contributed by atoms with Gasteiger partial charge < -0.3 is 4.74 Å². The van der Waals surface area contributed by atoms with Gasteiger partial charge in [0.2, 0.25) is 0 Å². The van der Waals surface area contributed by atoms with Crippen molar-refractivity contribution in [2.45, 2.75) is 12.8 Å². The predicted molar refractivity (Wildman–Crippen MR) is 56.0 cm³/mol. The van der Waals surface area contributed by atoms with Crippen molar-refractivity contribution >= 4 is 17.2 Å². The Kier molecular flexibility index (Phi) is 3.13. The topological polar surface area (TPSA) is 52.3 Å². The molecule has 0 unspecified atom stereocenters. The van der Waals surface area contributed by atoms with E-state index in [1.165, 1.54) is 0 Å². The first kappa shape index (κ1) is 10.3. The zero-order valence-corrected chi connectivity index (χ0v) is 9.11. The average Bonchev–Trinajstić information content (AvgIpc) is 2.62. The molecule has 5 nitrogen and oxygen atoms in total. The highest BCUT2D eigenvalue weighted by Gasteiger charge is 2.06. The van der Waals surface area contributed by atoms with Crippen molar-refractivity contribution in [1.82, 2.24) is 19.8 Å². The van der Waals surface area contributed by atoms with Crippen molar-refractivity contribution in [3.05, 3.63) is 23.1 Å². The molecule has 0 aromatic carbocycles. The first-order valence-corrected chi connectivity index (χ1v) is 5.05. The molecule has 0 N–H and O–H groups in total. The molecule has 15 heavy (non-hydrogen) atoms. The Morgan fingerprint density at radius 1 is 1.40 bits per heavy atom. The molecule has 0 saturated carbocycles. The van der Waals surface area contributed by atoms with Crippen molar-refractivity contribution in [2.24, 2.45) is 0 Å². The van der Waals surface area contributed by atoms with Crippen molar-refractivity contribution in [2.75, 3.05) is 13.7 Å². The monoisotopic (exact) mass is 226 g/mol. The highest BCUT2D eigenvalue weighted by molar-refractivity contribution is 6.29. The minimum Gasteiger partial charge on any atom is -0.385 e. The van der Waals surface area contributed by atoms with E-state index in [4.69, 9.17) is 16.3 Å². The molecule has 0 aliphatic heterocycles. The lowest BCUT2D eigenvalue weighted by molar-refractivity contribution is 0.194. The number of aryl methyl sites for hydroxylation is 1. The lowest BCUT2D eigenvalue weighted by atomic mass is 10.3. The van der Waals surface area contributed by atoms with Crippen LogP contribution in [0.15, 0.2) is 12.1 Å². The second-order valence-electron chi connectivity index (χ2n) is 3.14. The van der Waals surface area contributed by atoms with E-state index in [0.29, 0.717) is 17.4 Å². The van der Waals surface area contributed by atoms with Gasteiger partial charge in [-0.05, 0) is 18.6 Å². The molecule has 0 fully saturated rings. The van der Waals surface area contributed by atoms with E-state index in [1.807, 2.05) is 0 Å². The molecule has 2 heterocycles. The zero-order chi connectivity index (χ0) is 10.7. The fourth-order valence-corrected chi connectivity index (χ4v) is 1.48. The molecular formula is C9H11ClN4O. The Balaban J connectivity index is 2.23. The zero-order valence-electron chi connectivity index (χ0n) is 8.35. The Labute approximate surface area is 92.0 Å². The number of rotatable bonds is 4. The minimum atomic E-state index is 0.440. The fourth-order valence-electron chi connectivity index (χ4n) is 1.34. The van der Waals surface area contributed by atoms with E-state index in [9.17, 15) is 0 Å². The van der Waals surface area contributed by atoms with Gasteiger partial charge in [0.1, 0.15) is 5.15 Å². The highest BCUT2D eigenvalue weighted by Crippen LogP contribution is 2.08. The van der Waals surface area contributed by atoms with Crippen LogP contribution in [0, 0.1) is 0 Å². The minimum absolute atomic E-state index is 0.440. The number of aromatic nitrogens is 4. The number of methoxy groups -OCH3 is 1. The first-order chi connectivity index (χ1) is 7.31. The van der Waals surface area contributed by atoms with E-state index in [1.54, 1.807) is 23.8 Å². The molecule has 0 aliphatic rings. The summed E-state index contributed by atoms with van der Waals surface area (Å²) in [4.78, 5) is 0. The summed E-state index contributed by atoms with van der Waals surface area (Å²) in [6.45, 7) is 0.704. The van der Waals surface area contributed by atoms with Crippen molar-refractivity contribution < 1.29 is 4.74 Å². The molecule has 0 spiro atoms. The SMILES string of the molecule is COCCCc1nnc2ccc(Cl)nn12. The third-order valence-corrected chi connectivity index (χ3v) is 2.25. The largest absolute Gasteiger partial charge is 0.385 e. The predicted octanol–water partition coefficient (Wildman–Crippen LogP) is 1.36. The van der Waals surface area contributed by atoms with Crippen LogP contribution in [-0.4, -0.2) is 33.5 Å². The molecule has 80 valence electrons. The van der Waals surface area contributed by atoms with Crippen LogP contribution in [-0.2, 0) is 11.2 Å². The summed E-state index contributed by atoms with van der Waals surface area (Å²) < 4.78 is 6.64. The number of fused-ring (bicyclic) bond motifs is 1. The molecule has 0 radical (unpaired) electrons. The van der Waals surface area contributed by atoms with E-state index in [2.05, 4.69) is 15.3 Å². The number of hydrogen-bond donors (Lipinski definition) is 0. The summed E-state index contributed by atoms with van der Waals surface area (Å²) in [6.07, 6.45) is 1.67. The summed E-state index contributed by atoms with van der Waals surface area (Å²) in [5.41, 5.74) is 0.715. The number of ether oxygens (including phenoxy) is 1. The molecule has 0 amide bonds. The Bertz CT molecular complexity index is 456. The second kappa shape index (κ2) is 4.55. The highest BCUT2D eigenvalue weighted by atomic mass is 35.5. The molecule has 2 aromatic rings. The van der Waals surface area contributed by atoms with Crippen LogP contribution in [0.5, 0.6) is 0 Å². The van der Waals surface area contributed by atoms with Gasteiger partial charge in [-0.2, -0.15) is 9.61 Å². The molecule has 0 atom stereocenters. The van der Waals surface area contributed by atoms with Crippen LogP contribution in [0.4, 0.5) is 0 Å². The van der Waals surface area contributed by atoms with E-state index >= 15 is 0 Å². The second-order valence-corrected chi connectivity index (χ2v) is 3.53. The van der Waals surface area contributed by atoms with Gasteiger partial charge >= 0.3 is 0 Å². The summed E-state index contributed by atoms with van der Waals surface area (Å²) >= 11 is 5.80. The van der Waals surface area contributed by atoms with Gasteiger partial charge in [-0.15, -0.1) is 10.2 Å². The molecular weight excluding hydrogens is 216 g/mol. The van der Waals surface area contributed by atoms with Crippen LogP contribution in [0.3, 0.4) is 0 Å². The molecule has 2 aromatic heterocycles. The lowest BCUT2D eigenvalue weighted by Crippen LogP contribution is -2.01. The maximum atomic E-state index is 5.80. The van der Waals surface area contributed by atoms with Crippen molar-refractivity contribution in [1.29, 1.82) is 0 Å². The van der Waals surface area contributed by atoms with Crippen molar-refractivity contribution in [3.8, 4) is 0 Å². The van der Waals surface area contributed by atoms with Crippen LogP contribution >= 0.6 is 11.6 Å². The number of halogens is 1. The van der Waals surface area contributed by atoms with E-state index in [0.717, 1.165) is 18.7 Å². The van der Waals surface area contributed by atoms with Gasteiger partial charge in [0, 0.05) is 20.1 Å². The average molecular weight is 227 g/mol. The normalized spacial score (nSPS) is 11.1. The van der Waals surface area contributed by atoms with Crippen LogP contribution in [0.2, 0.25) is 5.15 Å². The van der Waals surface area contributed by atoms with Crippen LogP contribution in [0.25, 0.3) is 5.65 Å². The number of nitrogens with zero attached hydrogens (tertiary/aromatic N) is 4. The molecule has 0 saturated heterocycles. The van der Waals surface area contributed by atoms with Gasteiger partial charge in [0.05, 0.1) is 0 Å². The van der Waals surface area contributed by atoms with E-state index < -0.39 is 0 Å². The summed E-state index contributed by atoms with van der Waals surface area (Å²) in [7, 11) is 1.68. The van der Waals surface area contributed by atoms with Crippen LogP contribution < -0.4 is 0 Å². The standard InChI is InChI=1S/C9H11ClN4O/c1-15-6-2-3-8-11-12-9-5-4-7(10)13-14(8)9/h4-5H,2-3,6H2,1H3. The van der Waals surface area contributed by atoms with E-state index in [-0.39, 0.29) is 0 Å². The molecule has 0 bridgehead atoms. The maximum Gasteiger partial charge on any atom is 0.178 e. The third kappa shape index (κ3) is 2.24. The Morgan fingerprint density at radius 2 is 2.27 bits per heavy atom. The Morgan fingerprint density at radius 3 is 3.07 bits per heavy atom. The molecule has 2 rings (SSSR count). The lowest BCUT2D eigenvalue weighted by Gasteiger charge is -1.98. The van der Waals surface area contributed by atoms with Gasteiger partial charge in [-0.1, -0.05) is 11.6 Å². The summed E-state index contributed by atoms with van der Waals surface area (Å²) in [5, 5.41) is 12.6. The first-order valence-electron chi connectivity index (χ1n) is 4.67. The molecule has 0 aliphatic carbocycles. The van der Waals surface area contributed by atoms with Gasteiger partial charge in [-0.25, -0.2) is 0 Å².